The molecule has 0 bridgehead atoms. The van der Waals surface area contributed by atoms with Gasteiger partial charge >= 0.3 is 0 Å². The first kappa shape index (κ1) is 24.0. The summed E-state index contributed by atoms with van der Waals surface area (Å²) in [5.41, 5.74) is 3.00. The highest BCUT2D eigenvalue weighted by Crippen LogP contribution is 2.31. The van der Waals surface area contributed by atoms with Crippen molar-refractivity contribution in [2.75, 3.05) is 36.4 Å². The van der Waals surface area contributed by atoms with Gasteiger partial charge in [0.2, 0.25) is 0 Å². The van der Waals surface area contributed by atoms with E-state index < -0.39 is 0 Å². The molecule has 1 aliphatic rings. The quantitative estimate of drug-likeness (QED) is 0.328. The zero-order valence-corrected chi connectivity index (χ0v) is 20.8. The summed E-state index contributed by atoms with van der Waals surface area (Å²) in [6.45, 7) is 2.52. The molecule has 1 N–H and O–H groups in total. The molecule has 5 rings (SSSR count). The summed E-state index contributed by atoms with van der Waals surface area (Å²) < 4.78 is 5.79. The topological polar surface area (TPSA) is 65.8 Å². The van der Waals surface area contributed by atoms with Crippen molar-refractivity contribution in [3.05, 3.63) is 106 Å². The monoisotopic (exact) mass is 519 g/mol. The van der Waals surface area contributed by atoms with Crippen LogP contribution in [0.25, 0.3) is 11.3 Å². The van der Waals surface area contributed by atoms with E-state index >= 15 is 0 Å². The number of hydrogen-bond acceptors (Lipinski definition) is 4. The fourth-order valence-corrected chi connectivity index (χ4v) is 4.52. The number of hydrogen-bond donors (Lipinski definition) is 1. The van der Waals surface area contributed by atoms with Gasteiger partial charge in [0.05, 0.1) is 21.4 Å². The molecule has 2 amide bonds. The van der Waals surface area contributed by atoms with E-state index in [1.54, 1.807) is 30.3 Å². The van der Waals surface area contributed by atoms with Crippen LogP contribution >= 0.6 is 23.2 Å². The number of nitrogens with one attached hydrogen (secondary N) is 1. The lowest BCUT2D eigenvalue weighted by Gasteiger charge is -2.37. The second-order valence-corrected chi connectivity index (χ2v) is 9.22. The molecule has 2 heterocycles. The van der Waals surface area contributed by atoms with E-state index in [9.17, 15) is 9.59 Å². The SMILES string of the molecule is O=C(Nc1ccccc1N1CCN(C(=O)c2ccccc2)CC1)c1ccc(-c2ccc(Cl)c(Cl)c2)o1. The number of furan rings is 1. The molecule has 4 aromatic rings. The minimum Gasteiger partial charge on any atom is -0.451 e. The zero-order chi connectivity index (χ0) is 25.1. The van der Waals surface area contributed by atoms with Gasteiger partial charge in [-0.15, -0.1) is 0 Å². The number of rotatable bonds is 5. The van der Waals surface area contributed by atoms with E-state index in [4.69, 9.17) is 27.6 Å². The van der Waals surface area contributed by atoms with Crippen molar-refractivity contribution in [3.63, 3.8) is 0 Å². The Kier molecular flexibility index (Phi) is 6.98. The Balaban J connectivity index is 1.26. The third kappa shape index (κ3) is 5.10. The van der Waals surface area contributed by atoms with E-state index in [-0.39, 0.29) is 17.6 Å². The molecule has 0 aliphatic carbocycles. The summed E-state index contributed by atoms with van der Waals surface area (Å²) in [5.74, 6) is 0.384. The normalized spacial score (nSPS) is 13.5. The van der Waals surface area contributed by atoms with Crippen LogP contribution < -0.4 is 10.2 Å². The summed E-state index contributed by atoms with van der Waals surface area (Å²) in [4.78, 5) is 29.8. The number of piperazine rings is 1. The molecule has 0 unspecified atom stereocenters. The number of nitrogens with zero attached hydrogens (tertiary/aromatic N) is 2. The summed E-state index contributed by atoms with van der Waals surface area (Å²) in [6, 6.07) is 25.5. The molecule has 1 aromatic heterocycles. The summed E-state index contributed by atoms with van der Waals surface area (Å²) in [7, 11) is 0. The highest BCUT2D eigenvalue weighted by Gasteiger charge is 2.24. The third-order valence-corrected chi connectivity index (χ3v) is 6.85. The van der Waals surface area contributed by atoms with Gasteiger partial charge in [-0.3, -0.25) is 9.59 Å². The summed E-state index contributed by atoms with van der Waals surface area (Å²) >= 11 is 12.1. The maximum Gasteiger partial charge on any atom is 0.291 e. The van der Waals surface area contributed by atoms with Crippen LogP contribution in [0, 0.1) is 0 Å². The molecule has 8 heteroatoms. The molecule has 36 heavy (non-hydrogen) atoms. The molecular formula is C28H23Cl2N3O3. The number of halogens is 2. The first-order valence-corrected chi connectivity index (χ1v) is 12.3. The van der Waals surface area contributed by atoms with E-state index in [2.05, 4.69) is 10.2 Å². The number of carbonyl (C=O) groups is 2. The largest absolute Gasteiger partial charge is 0.451 e. The van der Waals surface area contributed by atoms with Gasteiger partial charge in [0.25, 0.3) is 11.8 Å². The second kappa shape index (κ2) is 10.5. The van der Waals surface area contributed by atoms with E-state index in [0.29, 0.717) is 53.2 Å². The van der Waals surface area contributed by atoms with Crippen LogP contribution in [0.5, 0.6) is 0 Å². The lowest BCUT2D eigenvalue weighted by atomic mass is 10.1. The Morgan fingerprint density at radius 1 is 0.778 bits per heavy atom. The fourth-order valence-electron chi connectivity index (χ4n) is 4.22. The van der Waals surface area contributed by atoms with Crippen LogP contribution in [0.4, 0.5) is 11.4 Å². The first-order chi connectivity index (χ1) is 17.5. The van der Waals surface area contributed by atoms with Crippen LogP contribution in [0.1, 0.15) is 20.9 Å². The van der Waals surface area contributed by atoms with Gasteiger partial charge in [-0.25, -0.2) is 0 Å². The molecule has 0 radical (unpaired) electrons. The van der Waals surface area contributed by atoms with Crippen molar-refractivity contribution in [1.29, 1.82) is 0 Å². The molecule has 3 aromatic carbocycles. The Labute approximate surface area is 219 Å². The Bertz CT molecular complexity index is 1400. The van der Waals surface area contributed by atoms with Crippen molar-refractivity contribution in [2.24, 2.45) is 0 Å². The van der Waals surface area contributed by atoms with Gasteiger partial charge in [0.1, 0.15) is 5.76 Å². The number of para-hydroxylation sites is 2. The minimum absolute atomic E-state index is 0.0347. The van der Waals surface area contributed by atoms with Crippen molar-refractivity contribution in [2.45, 2.75) is 0 Å². The van der Waals surface area contributed by atoms with Gasteiger partial charge < -0.3 is 19.5 Å². The standard InChI is InChI=1S/C28H23Cl2N3O3/c29-21-11-10-20(18-22(21)30)25-12-13-26(36-25)27(34)31-23-8-4-5-9-24(23)32-14-16-33(17-15-32)28(35)19-6-2-1-3-7-19/h1-13,18H,14-17H2,(H,31,34). The average Bonchev–Trinajstić information content (AvgIpc) is 3.41. The predicted octanol–water partition coefficient (Wildman–Crippen LogP) is 6.47. The lowest BCUT2D eigenvalue weighted by Crippen LogP contribution is -2.49. The number of amides is 2. The molecule has 1 fully saturated rings. The van der Waals surface area contributed by atoms with Crippen molar-refractivity contribution >= 4 is 46.4 Å². The number of anilines is 2. The molecule has 182 valence electrons. The Hall–Kier alpha value is -3.74. The molecular weight excluding hydrogens is 497 g/mol. The highest BCUT2D eigenvalue weighted by molar-refractivity contribution is 6.42. The fraction of sp³-hybridized carbons (Fsp3) is 0.143. The predicted molar refractivity (Wildman–Crippen MR) is 143 cm³/mol. The van der Waals surface area contributed by atoms with Crippen LogP contribution in [0.15, 0.2) is 89.3 Å². The highest BCUT2D eigenvalue weighted by atomic mass is 35.5. The maximum absolute atomic E-state index is 13.0. The molecule has 0 spiro atoms. The van der Waals surface area contributed by atoms with E-state index in [1.165, 1.54) is 0 Å². The number of benzene rings is 3. The zero-order valence-electron chi connectivity index (χ0n) is 19.3. The molecule has 1 aliphatic heterocycles. The Morgan fingerprint density at radius 3 is 2.25 bits per heavy atom. The van der Waals surface area contributed by atoms with Crippen LogP contribution in [0.3, 0.4) is 0 Å². The molecule has 6 nitrogen and oxygen atoms in total. The Morgan fingerprint density at radius 2 is 1.50 bits per heavy atom. The maximum atomic E-state index is 13.0. The van der Waals surface area contributed by atoms with Gasteiger partial charge in [0.15, 0.2) is 5.76 Å². The van der Waals surface area contributed by atoms with E-state index in [0.717, 1.165) is 11.3 Å². The average molecular weight is 520 g/mol. The van der Waals surface area contributed by atoms with Gasteiger partial charge in [-0.05, 0) is 54.6 Å². The van der Waals surface area contributed by atoms with Crippen LogP contribution in [0.2, 0.25) is 10.0 Å². The van der Waals surface area contributed by atoms with Gasteiger partial charge in [-0.1, -0.05) is 53.5 Å². The molecule has 0 atom stereocenters. The molecule has 0 saturated carbocycles. The van der Waals surface area contributed by atoms with Crippen molar-refractivity contribution in [1.82, 2.24) is 4.90 Å². The van der Waals surface area contributed by atoms with E-state index in [1.807, 2.05) is 59.5 Å². The number of carbonyl (C=O) groups excluding carboxylic acids is 2. The molecule has 1 saturated heterocycles. The lowest BCUT2D eigenvalue weighted by molar-refractivity contribution is 0.0746. The first-order valence-electron chi connectivity index (χ1n) is 11.5. The third-order valence-electron chi connectivity index (χ3n) is 6.11. The summed E-state index contributed by atoms with van der Waals surface area (Å²) in [5, 5.41) is 3.83. The van der Waals surface area contributed by atoms with Crippen molar-refractivity contribution in [3.8, 4) is 11.3 Å². The minimum atomic E-state index is -0.355. The van der Waals surface area contributed by atoms with Crippen LogP contribution in [-0.4, -0.2) is 42.9 Å². The van der Waals surface area contributed by atoms with Crippen LogP contribution in [-0.2, 0) is 0 Å². The van der Waals surface area contributed by atoms with Gasteiger partial charge in [-0.2, -0.15) is 0 Å². The van der Waals surface area contributed by atoms with Crippen molar-refractivity contribution < 1.29 is 14.0 Å². The summed E-state index contributed by atoms with van der Waals surface area (Å²) in [6.07, 6.45) is 0. The smallest absolute Gasteiger partial charge is 0.291 e. The van der Waals surface area contributed by atoms with Gasteiger partial charge in [0, 0.05) is 37.3 Å². The second-order valence-electron chi connectivity index (χ2n) is 8.41.